The highest BCUT2D eigenvalue weighted by molar-refractivity contribution is 5.32. The van der Waals surface area contributed by atoms with Crippen molar-refractivity contribution in [2.75, 3.05) is 13.1 Å². The summed E-state index contributed by atoms with van der Waals surface area (Å²) >= 11 is 0. The van der Waals surface area contributed by atoms with Gasteiger partial charge in [0, 0.05) is 13.1 Å². The molecule has 0 radical (unpaired) electrons. The van der Waals surface area contributed by atoms with E-state index in [-0.39, 0.29) is 6.47 Å². The SMILES string of the molecule is NCCN.O=CO. The summed E-state index contributed by atoms with van der Waals surface area (Å²) in [4.78, 5) is 8.36. The molecule has 4 heteroatoms. The zero-order valence-corrected chi connectivity index (χ0v) is 4.00. The Morgan fingerprint density at radius 1 is 1.43 bits per heavy atom. The van der Waals surface area contributed by atoms with Crippen molar-refractivity contribution < 1.29 is 9.90 Å². The van der Waals surface area contributed by atoms with Crippen molar-refractivity contribution >= 4 is 6.47 Å². The van der Waals surface area contributed by atoms with Crippen LogP contribution in [0, 0.1) is 0 Å². The van der Waals surface area contributed by atoms with Crippen LogP contribution in [0.3, 0.4) is 0 Å². The van der Waals surface area contributed by atoms with Gasteiger partial charge in [-0.15, -0.1) is 0 Å². The molecule has 4 nitrogen and oxygen atoms in total. The van der Waals surface area contributed by atoms with E-state index in [0.717, 1.165) is 0 Å². The molecule has 0 fully saturated rings. The predicted octanol–water partition coefficient (Wildman–Crippen LogP) is -1.40. The highest BCUT2D eigenvalue weighted by Crippen LogP contribution is 1.24. The molecule has 0 aromatic rings. The van der Waals surface area contributed by atoms with Crippen LogP contribution in [-0.4, -0.2) is 24.7 Å². The van der Waals surface area contributed by atoms with Crippen LogP contribution in [0.5, 0.6) is 0 Å². The van der Waals surface area contributed by atoms with Gasteiger partial charge in [0.1, 0.15) is 0 Å². The highest BCUT2D eigenvalue weighted by Gasteiger charge is 1.54. The van der Waals surface area contributed by atoms with E-state index in [2.05, 4.69) is 0 Å². The Bertz CT molecular complexity index is 30.1. The summed E-state index contributed by atoms with van der Waals surface area (Å²) in [5.74, 6) is 0. The molecular weight excluding hydrogens is 96.0 g/mol. The maximum atomic E-state index is 8.36. The van der Waals surface area contributed by atoms with Crippen LogP contribution >= 0.6 is 0 Å². The van der Waals surface area contributed by atoms with Gasteiger partial charge in [0.05, 0.1) is 0 Å². The van der Waals surface area contributed by atoms with Crippen LogP contribution in [0.4, 0.5) is 0 Å². The third-order valence-electron chi connectivity index (χ3n) is 0.167. The van der Waals surface area contributed by atoms with Gasteiger partial charge >= 0.3 is 0 Å². The van der Waals surface area contributed by atoms with Crippen LogP contribution in [0.25, 0.3) is 0 Å². The van der Waals surface area contributed by atoms with Crippen LogP contribution in [0.2, 0.25) is 0 Å². The van der Waals surface area contributed by atoms with Gasteiger partial charge in [-0.1, -0.05) is 0 Å². The molecule has 44 valence electrons. The van der Waals surface area contributed by atoms with E-state index >= 15 is 0 Å². The topological polar surface area (TPSA) is 89.3 Å². The fourth-order valence-corrected chi connectivity index (χ4v) is 0. The molecule has 5 N–H and O–H groups in total. The van der Waals surface area contributed by atoms with Crippen LogP contribution in [0.15, 0.2) is 0 Å². The van der Waals surface area contributed by atoms with E-state index in [0.29, 0.717) is 13.1 Å². The molecule has 0 atom stereocenters. The van der Waals surface area contributed by atoms with Gasteiger partial charge in [0.15, 0.2) is 0 Å². The summed E-state index contributed by atoms with van der Waals surface area (Å²) in [6, 6.07) is 0. The summed E-state index contributed by atoms with van der Waals surface area (Å²) in [5.41, 5.74) is 9.81. The lowest BCUT2D eigenvalue weighted by Crippen LogP contribution is -2.11. The molecule has 0 spiro atoms. The number of hydrogen-bond acceptors (Lipinski definition) is 3. The number of carboxylic acid groups (broad SMARTS) is 1. The lowest BCUT2D eigenvalue weighted by molar-refractivity contribution is -0.122. The monoisotopic (exact) mass is 106 g/mol. The fourth-order valence-electron chi connectivity index (χ4n) is 0. The second kappa shape index (κ2) is 18.2. The number of rotatable bonds is 1. The maximum absolute atomic E-state index is 8.36. The van der Waals surface area contributed by atoms with Gasteiger partial charge < -0.3 is 16.6 Å². The van der Waals surface area contributed by atoms with Crippen LogP contribution in [-0.2, 0) is 4.79 Å². The van der Waals surface area contributed by atoms with Crippen molar-refractivity contribution in [3.63, 3.8) is 0 Å². The van der Waals surface area contributed by atoms with E-state index in [1.165, 1.54) is 0 Å². The average Bonchev–Trinajstić information content (AvgIpc) is 1.69. The van der Waals surface area contributed by atoms with Gasteiger partial charge in [-0.05, 0) is 0 Å². The molecule has 0 aliphatic heterocycles. The lowest BCUT2D eigenvalue weighted by atomic mass is 10.7. The first-order chi connectivity index (χ1) is 3.33. The number of carbonyl (C=O) groups is 1. The largest absolute Gasteiger partial charge is 0.483 e. The number of hydrogen-bond donors (Lipinski definition) is 3. The first kappa shape index (κ1) is 9.63. The molecule has 0 saturated heterocycles. The number of nitrogens with two attached hydrogens (primary N) is 2. The Morgan fingerprint density at radius 3 is 1.57 bits per heavy atom. The van der Waals surface area contributed by atoms with Crippen molar-refractivity contribution in [1.82, 2.24) is 0 Å². The summed E-state index contributed by atoms with van der Waals surface area (Å²) in [6.45, 7) is 0.944. The molecule has 0 bridgehead atoms. The third kappa shape index (κ3) is 407. The highest BCUT2D eigenvalue weighted by atomic mass is 16.3. The van der Waals surface area contributed by atoms with Crippen molar-refractivity contribution in [2.45, 2.75) is 0 Å². The Hall–Kier alpha value is -0.610. The van der Waals surface area contributed by atoms with Gasteiger partial charge in [0.2, 0.25) is 0 Å². The molecular formula is C3H10N2O2. The maximum Gasteiger partial charge on any atom is 0.290 e. The second-order valence-electron chi connectivity index (χ2n) is 0.683. The molecule has 0 aliphatic carbocycles. The molecule has 0 saturated carbocycles. The zero-order valence-electron chi connectivity index (χ0n) is 4.00. The van der Waals surface area contributed by atoms with Gasteiger partial charge in [-0.2, -0.15) is 0 Å². The van der Waals surface area contributed by atoms with Gasteiger partial charge in [-0.25, -0.2) is 0 Å². The van der Waals surface area contributed by atoms with Crippen molar-refractivity contribution in [3.05, 3.63) is 0 Å². The quantitative estimate of drug-likeness (QED) is 0.359. The minimum absolute atomic E-state index is 0.250. The van der Waals surface area contributed by atoms with Crippen molar-refractivity contribution in [1.29, 1.82) is 0 Å². The first-order valence-corrected chi connectivity index (χ1v) is 1.81. The second-order valence-corrected chi connectivity index (χ2v) is 0.683. The normalized spacial score (nSPS) is 6.00. The van der Waals surface area contributed by atoms with Crippen molar-refractivity contribution in [2.24, 2.45) is 11.5 Å². The Kier molecular flexibility index (Phi) is 25.0. The fraction of sp³-hybridized carbons (Fsp3) is 0.667. The van der Waals surface area contributed by atoms with E-state index in [9.17, 15) is 0 Å². The third-order valence-corrected chi connectivity index (χ3v) is 0.167. The van der Waals surface area contributed by atoms with E-state index < -0.39 is 0 Å². The smallest absolute Gasteiger partial charge is 0.290 e. The lowest BCUT2D eigenvalue weighted by Gasteiger charge is -1.72. The molecule has 0 aromatic heterocycles. The molecule has 0 aromatic carbocycles. The van der Waals surface area contributed by atoms with Gasteiger partial charge in [-0.3, -0.25) is 4.79 Å². The van der Waals surface area contributed by atoms with E-state index in [1.807, 2.05) is 0 Å². The van der Waals surface area contributed by atoms with E-state index in [4.69, 9.17) is 21.4 Å². The summed E-state index contributed by atoms with van der Waals surface area (Å²) in [5, 5.41) is 6.89. The van der Waals surface area contributed by atoms with E-state index in [1.54, 1.807) is 0 Å². The predicted molar refractivity (Wildman–Crippen MR) is 26.8 cm³/mol. The molecule has 7 heavy (non-hydrogen) atoms. The first-order valence-electron chi connectivity index (χ1n) is 1.81. The van der Waals surface area contributed by atoms with Crippen LogP contribution < -0.4 is 11.5 Å². The molecule has 0 amide bonds. The summed E-state index contributed by atoms with van der Waals surface area (Å²) < 4.78 is 0. The summed E-state index contributed by atoms with van der Waals surface area (Å²) in [7, 11) is 0. The minimum Gasteiger partial charge on any atom is -0.483 e. The van der Waals surface area contributed by atoms with Crippen LogP contribution in [0.1, 0.15) is 0 Å². The molecule has 0 aliphatic rings. The molecule has 0 heterocycles. The Labute approximate surface area is 42.1 Å². The Morgan fingerprint density at radius 2 is 1.57 bits per heavy atom. The Balaban J connectivity index is 0. The molecule has 0 rings (SSSR count). The minimum atomic E-state index is -0.250. The average molecular weight is 106 g/mol. The van der Waals surface area contributed by atoms with Crippen molar-refractivity contribution in [3.8, 4) is 0 Å². The summed E-state index contributed by atoms with van der Waals surface area (Å²) in [6.07, 6.45) is 0. The zero-order chi connectivity index (χ0) is 6.12. The van der Waals surface area contributed by atoms with Gasteiger partial charge in [0.25, 0.3) is 6.47 Å². The molecule has 0 unspecified atom stereocenters. The standard InChI is InChI=1S/C2H8N2.CH2O2/c3-1-2-4;2-1-3/h1-4H2;1H,(H,2,3).